The fourth-order valence-corrected chi connectivity index (χ4v) is 7.72. The van der Waals surface area contributed by atoms with Crippen molar-refractivity contribution in [2.45, 2.75) is 62.0 Å². The number of anilines is 2. The molecule has 1 saturated heterocycles. The van der Waals surface area contributed by atoms with Crippen molar-refractivity contribution in [3.8, 4) is 28.9 Å². The third-order valence-corrected chi connectivity index (χ3v) is 11.2. The Morgan fingerprint density at radius 1 is 0.877 bits per heavy atom. The number of ether oxygens (including phenoxy) is 5. The second-order valence-electron chi connectivity index (χ2n) is 13.4. The lowest BCUT2D eigenvalue weighted by atomic mass is 10.0. The maximum Gasteiger partial charge on any atom is 0.574 e. The minimum absolute atomic E-state index is 0.0303. The number of alkyl halides is 5. The molecule has 0 spiro atoms. The molecule has 2 aliphatic rings. The number of benzene rings is 2. The molecule has 1 N–H and O–H groups in total. The number of carbonyl (C=O) groups excluding carboxylic acids is 1. The normalized spacial score (nSPS) is 15.6. The first kappa shape index (κ1) is 41.2. The van der Waals surface area contributed by atoms with E-state index in [1.807, 2.05) is 0 Å². The summed E-state index contributed by atoms with van der Waals surface area (Å²) >= 11 is 0. The second kappa shape index (κ2) is 16.6. The molecular weight excluding hydrogens is 782 g/mol. The number of aromatic nitrogens is 2. The summed E-state index contributed by atoms with van der Waals surface area (Å²) < 4.78 is 125. The lowest BCUT2D eigenvalue weighted by molar-refractivity contribution is -0.276. The van der Waals surface area contributed by atoms with Crippen molar-refractivity contribution in [2.75, 3.05) is 51.7 Å². The number of methoxy groups -OCH3 is 4. The van der Waals surface area contributed by atoms with Crippen molar-refractivity contribution in [2.24, 2.45) is 0 Å². The van der Waals surface area contributed by atoms with Crippen LogP contribution in [0.1, 0.15) is 58.6 Å². The summed E-state index contributed by atoms with van der Waals surface area (Å²) in [5, 5.41) is 2.16. The number of hydrogen-bond acceptors (Lipinski definition) is 11. The number of nitrogens with zero attached hydrogens (tertiary/aromatic N) is 4. The van der Waals surface area contributed by atoms with Gasteiger partial charge in [0.25, 0.3) is 21.9 Å². The van der Waals surface area contributed by atoms with E-state index in [0.29, 0.717) is 47.0 Å². The zero-order valence-electron chi connectivity index (χ0n) is 31.4. The molecule has 0 unspecified atom stereocenters. The second-order valence-corrected chi connectivity index (χ2v) is 15.3. The van der Waals surface area contributed by atoms with Gasteiger partial charge in [0.15, 0.2) is 5.03 Å². The van der Waals surface area contributed by atoms with Crippen LogP contribution in [0.2, 0.25) is 0 Å². The predicted molar refractivity (Wildman–Crippen MR) is 197 cm³/mol. The van der Waals surface area contributed by atoms with Gasteiger partial charge in [-0.1, -0.05) is 12.1 Å². The Labute approximate surface area is 325 Å². The number of halogens is 5. The number of hydrogen-bond donors (Lipinski definition) is 1. The van der Waals surface area contributed by atoms with Crippen LogP contribution < -0.4 is 33.9 Å². The van der Waals surface area contributed by atoms with Gasteiger partial charge in [-0.15, -0.1) is 13.2 Å². The molecule has 1 aliphatic carbocycles. The number of carbonyl (C=O) groups is 1. The van der Waals surface area contributed by atoms with E-state index in [0.717, 1.165) is 10.4 Å². The van der Waals surface area contributed by atoms with E-state index in [9.17, 15) is 35.2 Å². The number of pyridine rings is 2. The van der Waals surface area contributed by atoms with Crippen LogP contribution in [0.3, 0.4) is 0 Å². The molecule has 0 bridgehead atoms. The number of sulfonamides is 1. The molecule has 19 heteroatoms. The van der Waals surface area contributed by atoms with Crippen LogP contribution in [-0.4, -0.2) is 82.4 Å². The van der Waals surface area contributed by atoms with E-state index in [-0.39, 0.29) is 54.7 Å². The molecule has 57 heavy (non-hydrogen) atoms. The summed E-state index contributed by atoms with van der Waals surface area (Å²) in [6, 6.07) is 13.5. The third-order valence-electron chi connectivity index (χ3n) is 9.54. The van der Waals surface area contributed by atoms with Gasteiger partial charge in [-0.05, 0) is 43.0 Å². The van der Waals surface area contributed by atoms with Crippen LogP contribution in [-0.2, 0) is 23.1 Å². The first-order valence-corrected chi connectivity index (χ1v) is 19.1. The van der Waals surface area contributed by atoms with Crippen LogP contribution in [0.15, 0.2) is 65.8 Å². The quantitative estimate of drug-likeness (QED) is 0.122. The Balaban J connectivity index is 1.36. The minimum atomic E-state index is -5.10. The molecule has 0 atom stereocenters. The van der Waals surface area contributed by atoms with E-state index < -0.39 is 52.0 Å². The number of rotatable bonds is 15. The van der Waals surface area contributed by atoms with Crippen LogP contribution >= 0.6 is 0 Å². The summed E-state index contributed by atoms with van der Waals surface area (Å²) in [5.74, 6) is -3.60. The van der Waals surface area contributed by atoms with Crippen molar-refractivity contribution in [1.82, 2.24) is 14.3 Å². The van der Waals surface area contributed by atoms with Crippen molar-refractivity contribution in [3.05, 3.63) is 83.0 Å². The van der Waals surface area contributed by atoms with E-state index in [4.69, 9.17) is 18.9 Å². The van der Waals surface area contributed by atoms with Gasteiger partial charge < -0.3 is 33.9 Å². The molecule has 2 aromatic heterocycles. The van der Waals surface area contributed by atoms with E-state index in [2.05, 4.69) is 20.0 Å². The fourth-order valence-electron chi connectivity index (χ4n) is 6.36. The Morgan fingerprint density at radius 2 is 1.46 bits per heavy atom. The third kappa shape index (κ3) is 9.76. The maximum absolute atomic E-state index is 14.5. The highest BCUT2D eigenvalue weighted by molar-refractivity contribution is 7.89. The maximum atomic E-state index is 14.5. The van der Waals surface area contributed by atoms with Gasteiger partial charge in [-0.25, -0.2) is 22.2 Å². The number of amides is 1. The van der Waals surface area contributed by atoms with Crippen LogP contribution in [0.5, 0.6) is 28.9 Å². The highest BCUT2D eigenvalue weighted by Crippen LogP contribution is 2.47. The Hall–Kier alpha value is -5.43. The lowest BCUT2D eigenvalue weighted by Gasteiger charge is -2.34. The standard InChI is InChI=1S/C38H40F5N5O8S/c1-52-27-9-7-24(31(18-27)54-3)21-48(22-25-8-10-28(53-2)19-32(25)55-4)57(50,51)33-17-26(11-14-44-33)45-35(49)30-20-29(23-5-6-23)36(56-38(41,42)43)46-34(30)47-15-12-37(39,40)13-16-47/h7-11,14,17-20,23H,5-6,12-13,15-16,21-22H2,1-4H3,(H,44,45,49). The summed E-state index contributed by atoms with van der Waals surface area (Å²) in [6.07, 6.45) is -4.09. The van der Waals surface area contributed by atoms with Crippen molar-refractivity contribution < 1.29 is 58.8 Å². The predicted octanol–water partition coefficient (Wildman–Crippen LogP) is 7.17. The van der Waals surface area contributed by atoms with Gasteiger partial charge in [-0.2, -0.15) is 9.29 Å². The minimum Gasteiger partial charge on any atom is -0.497 e. The summed E-state index contributed by atoms with van der Waals surface area (Å²) in [6.45, 7) is -0.994. The largest absolute Gasteiger partial charge is 0.574 e. The van der Waals surface area contributed by atoms with E-state index in [1.165, 1.54) is 51.7 Å². The van der Waals surface area contributed by atoms with Crippen LogP contribution in [0.25, 0.3) is 0 Å². The molecule has 2 fully saturated rings. The van der Waals surface area contributed by atoms with E-state index >= 15 is 0 Å². The van der Waals surface area contributed by atoms with Crippen LogP contribution in [0, 0.1) is 0 Å². The number of piperidine rings is 1. The molecular formula is C38H40F5N5O8S. The molecule has 0 radical (unpaired) electrons. The summed E-state index contributed by atoms with van der Waals surface area (Å²) in [5.41, 5.74) is 0.785. The first-order valence-electron chi connectivity index (χ1n) is 17.7. The highest BCUT2D eigenvalue weighted by atomic mass is 32.2. The Kier molecular flexibility index (Phi) is 12.0. The smallest absolute Gasteiger partial charge is 0.497 e. The fraction of sp³-hybridized carbons (Fsp3) is 0.395. The van der Waals surface area contributed by atoms with Gasteiger partial charge in [0.1, 0.15) is 28.8 Å². The zero-order chi connectivity index (χ0) is 41.1. The van der Waals surface area contributed by atoms with Gasteiger partial charge in [0.05, 0.1) is 34.0 Å². The average Bonchev–Trinajstić information content (AvgIpc) is 4.03. The lowest BCUT2D eigenvalue weighted by Crippen LogP contribution is -2.40. The van der Waals surface area contributed by atoms with Gasteiger partial charge >= 0.3 is 6.36 Å². The summed E-state index contributed by atoms with van der Waals surface area (Å²) in [7, 11) is 1.34. The molecule has 2 aromatic carbocycles. The highest BCUT2D eigenvalue weighted by Gasteiger charge is 2.40. The first-order chi connectivity index (χ1) is 27.0. The summed E-state index contributed by atoms with van der Waals surface area (Å²) in [4.78, 5) is 23.5. The molecule has 306 valence electrons. The molecule has 1 amide bonds. The van der Waals surface area contributed by atoms with Crippen molar-refractivity contribution >= 4 is 27.4 Å². The topological polar surface area (TPSA) is 142 Å². The molecule has 1 aliphatic heterocycles. The monoisotopic (exact) mass is 821 g/mol. The number of nitrogens with one attached hydrogen (secondary N) is 1. The van der Waals surface area contributed by atoms with E-state index in [1.54, 1.807) is 36.4 Å². The zero-order valence-corrected chi connectivity index (χ0v) is 32.2. The van der Waals surface area contributed by atoms with Gasteiger partial charge in [0.2, 0.25) is 5.88 Å². The Bertz CT molecular complexity index is 2150. The molecule has 13 nitrogen and oxygen atoms in total. The Morgan fingerprint density at radius 3 is 1.96 bits per heavy atom. The van der Waals surface area contributed by atoms with Crippen molar-refractivity contribution in [1.29, 1.82) is 0 Å². The molecule has 4 aromatic rings. The average molecular weight is 822 g/mol. The molecule has 3 heterocycles. The van der Waals surface area contributed by atoms with Gasteiger partial charge in [-0.3, -0.25) is 4.79 Å². The van der Waals surface area contributed by atoms with Crippen molar-refractivity contribution in [3.63, 3.8) is 0 Å². The molecule has 1 saturated carbocycles. The van der Waals surface area contributed by atoms with Crippen LogP contribution in [0.4, 0.5) is 33.5 Å². The van der Waals surface area contributed by atoms with Gasteiger partial charge in [0, 0.05) is 85.8 Å². The SMILES string of the molecule is COc1ccc(CN(Cc2ccc(OC)cc2OC)S(=O)(=O)c2cc(NC(=O)c3cc(C4CC4)c(OC(F)(F)F)nc3N3CCC(F)(F)CC3)ccn2)c(OC)c1. The molecule has 6 rings (SSSR count).